The highest BCUT2D eigenvalue weighted by molar-refractivity contribution is 6.01. The molecule has 0 aliphatic carbocycles. The molecule has 0 atom stereocenters. The quantitative estimate of drug-likeness (QED) is 0.657. The molecule has 3 nitrogen and oxygen atoms in total. The number of benzene rings is 2. The lowest BCUT2D eigenvalue weighted by atomic mass is 10.1. The van der Waals surface area contributed by atoms with Gasteiger partial charge in [0.15, 0.2) is 0 Å². The SMILES string of the molecule is O=C(/C=C/c1ccccc1)Nc1ccc(CC[OH2+])cc1. The summed E-state index contributed by atoms with van der Waals surface area (Å²) < 4.78 is 0. The van der Waals surface area contributed by atoms with E-state index in [0.29, 0.717) is 6.61 Å². The van der Waals surface area contributed by atoms with Gasteiger partial charge in [-0.25, -0.2) is 0 Å². The molecule has 2 aromatic carbocycles. The number of anilines is 1. The highest BCUT2D eigenvalue weighted by atomic mass is 16.2. The van der Waals surface area contributed by atoms with Gasteiger partial charge in [-0.3, -0.25) is 4.79 Å². The van der Waals surface area contributed by atoms with Crippen molar-refractivity contribution in [1.82, 2.24) is 0 Å². The summed E-state index contributed by atoms with van der Waals surface area (Å²) in [6.07, 6.45) is 4.04. The van der Waals surface area contributed by atoms with Crippen molar-refractivity contribution in [3.05, 3.63) is 71.8 Å². The van der Waals surface area contributed by atoms with E-state index >= 15 is 0 Å². The van der Waals surface area contributed by atoms with Crippen LogP contribution in [0.4, 0.5) is 5.69 Å². The molecule has 0 aliphatic rings. The van der Waals surface area contributed by atoms with Gasteiger partial charge in [-0.05, 0) is 29.3 Å². The molecular formula is C17H18NO2+. The molecule has 0 saturated heterocycles. The summed E-state index contributed by atoms with van der Waals surface area (Å²) in [5.74, 6) is -0.151. The first-order valence-corrected chi connectivity index (χ1v) is 6.55. The number of nitrogens with one attached hydrogen (secondary N) is 1. The fourth-order valence-electron chi connectivity index (χ4n) is 1.82. The average molecular weight is 268 g/mol. The van der Waals surface area contributed by atoms with Crippen LogP contribution in [0.5, 0.6) is 0 Å². The number of hydrogen-bond acceptors (Lipinski definition) is 1. The fraction of sp³-hybridized carbons (Fsp3) is 0.118. The third-order valence-corrected chi connectivity index (χ3v) is 2.86. The normalized spacial score (nSPS) is 10.7. The Morgan fingerprint density at radius 1 is 1.05 bits per heavy atom. The highest BCUT2D eigenvalue weighted by Crippen LogP contribution is 2.10. The Morgan fingerprint density at radius 3 is 2.40 bits per heavy atom. The molecule has 3 heteroatoms. The lowest BCUT2D eigenvalue weighted by Crippen LogP contribution is -2.07. The van der Waals surface area contributed by atoms with Gasteiger partial charge in [0.1, 0.15) is 6.61 Å². The van der Waals surface area contributed by atoms with Crippen LogP contribution in [0.2, 0.25) is 0 Å². The van der Waals surface area contributed by atoms with Crippen LogP contribution in [0.1, 0.15) is 11.1 Å². The first-order valence-electron chi connectivity index (χ1n) is 6.55. The van der Waals surface area contributed by atoms with Crippen molar-refractivity contribution in [2.24, 2.45) is 0 Å². The lowest BCUT2D eigenvalue weighted by molar-refractivity contribution is -0.111. The van der Waals surface area contributed by atoms with E-state index in [0.717, 1.165) is 23.2 Å². The van der Waals surface area contributed by atoms with E-state index in [4.69, 9.17) is 5.11 Å². The van der Waals surface area contributed by atoms with Crippen LogP contribution in [-0.2, 0) is 11.2 Å². The topological polar surface area (TPSA) is 52.0 Å². The Kier molecular flexibility index (Phi) is 5.09. The molecule has 0 fully saturated rings. The van der Waals surface area contributed by atoms with E-state index in [1.54, 1.807) is 6.08 Å². The van der Waals surface area contributed by atoms with E-state index in [2.05, 4.69) is 5.32 Å². The van der Waals surface area contributed by atoms with Gasteiger partial charge in [0.25, 0.3) is 0 Å². The Bertz CT molecular complexity index is 574. The van der Waals surface area contributed by atoms with Gasteiger partial charge < -0.3 is 10.4 Å². The molecule has 0 unspecified atom stereocenters. The van der Waals surface area contributed by atoms with Gasteiger partial charge in [-0.15, -0.1) is 0 Å². The van der Waals surface area contributed by atoms with Crippen LogP contribution in [-0.4, -0.2) is 17.6 Å². The molecule has 2 aromatic rings. The minimum atomic E-state index is -0.151. The fourth-order valence-corrected chi connectivity index (χ4v) is 1.82. The smallest absolute Gasteiger partial charge is 0.248 e. The van der Waals surface area contributed by atoms with Crippen LogP contribution in [0, 0.1) is 0 Å². The van der Waals surface area contributed by atoms with Crippen molar-refractivity contribution in [1.29, 1.82) is 0 Å². The molecule has 1 amide bonds. The van der Waals surface area contributed by atoms with Crippen LogP contribution in [0.15, 0.2) is 60.7 Å². The van der Waals surface area contributed by atoms with Crippen molar-refractivity contribution >= 4 is 17.7 Å². The van der Waals surface area contributed by atoms with Crippen molar-refractivity contribution in [3.63, 3.8) is 0 Å². The first kappa shape index (κ1) is 14.0. The summed E-state index contributed by atoms with van der Waals surface area (Å²) in [5.41, 5.74) is 2.87. The summed E-state index contributed by atoms with van der Waals surface area (Å²) in [4.78, 5) is 11.8. The maximum atomic E-state index is 11.8. The standard InChI is InChI=1S/C17H17NO2/c19-13-12-15-6-9-16(10-7-15)18-17(20)11-8-14-4-2-1-3-5-14/h1-11,19H,12-13H2,(H,18,20)/p+1/b11-8+. The van der Waals surface area contributed by atoms with Gasteiger partial charge in [0.05, 0.1) is 0 Å². The largest absolute Gasteiger partial charge is 0.445 e. The molecule has 0 heterocycles. The number of hydrogen-bond donors (Lipinski definition) is 1. The molecule has 2 rings (SSSR count). The van der Waals surface area contributed by atoms with E-state index in [-0.39, 0.29) is 5.91 Å². The molecule has 0 aromatic heterocycles. The third-order valence-electron chi connectivity index (χ3n) is 2.86. The Labute approximate surface area is 118 Å². The second-order valence-electron chi connectivity index (χ2n) is 4.43. The van der Waals surface area contributed by atoms with Gasteiger partial charge >= 0.3 is 0 Å². The van der Waals surface area contributed by atoms with E-state index in [1.165, 1.54) is 6.08 Å². The number of rotatable bonds is 5. The maximum Gasteiger partial charge on any atom is 0.248 e. The monoisotopic (exact) mass is 268 g/mol. The number of amides is 1. The van der Waals surface area contributed by atoms with E-state index in [1.807, 2.05) is 54.6 Å². The molecular weight excluding hydrogens is 250 g/mol. The third kappa shape index (κ3) is 4.37. The van der Waals surface area contributed by atoms with E-state index in [9.17, 15) is 4.79 Å². The van der Waals surface area contributed by atoms with Crippen LogP contribution in [0.3, 0.4) is 0 Å². The zero-order valence-corrected chi connectivity index (χ0v) is 11.2. The zero-order valence-electron chi connectivity index (χ0n) is 11.2. The van der Waals surface area contributed by atoms with Crippen LogP contribution < -0.4 is 5.32 Å². The van der Waals surface area contributed by atoms with Gasteiger partial charge in [-0.1, -0.05) is 42.5 Å². The minimum Gasteiger partial charge on any atom is -0.445 e. The summed E-state index contributed by atoms with van der Waals surface area (Å²) >= 11 is 0. The Hall–Kier alpha value is -2.39. The average Bonchev–Trinajstić information content (AvgIpc) is 2.49. The van der Waals surface area contributed by atoms with Gasteiger partial charge in [0.2, 0.25) is 5.91 Å². The van der Waals surface area contributed by atoms with Crippen molar-refractivity contribution < 1.29 is 9.90 Å². The predicted molar refractivity (Wildman–Crippen MR) is 82.7 cm³/mol. The molecule has 102 valence electrons. The van der Waals surface area contributed by atoms with Crippen molar-refractivity contribution in [3.8, 4) is 0 Å². The second kappa shape index (κ2) is 7.26. The maximum absolute atomic E-state index is 11.8. The lowest BCUT2D eigenvalue weighted by Gasteiger charge is -2.03. The predicted octanol–water partition coefficient (Wildman–Crippen LogP) is 2.61. The van der Waals surface area contributed by atoms with Crippen LogP contribution >= 0.6 is 0 Å². The highest BCUT2D eigenvalue weighted by Gasteiger charge is 1.99. The Morgan fingerprint density at radius 2 is 1.75 bits per heavy atom. The summed E-state index contributed by atoms with van der Waals surface area (Å²) in [7, 11) is 0. The number of carbonyl (C=O) groups is 1. The molecule has 0 radical (unpaired) electrons. The Balaban J connectivity index is 1.92. The molecule has 0 spiro atoms. The van der Waals surface area contributed by atoms with Gasteiger partial charge in [-0.2, -0.15) is 0 Å². The summed E-state index contributed by atoms with van der Waals surface area (Å²) in [6, 6.07) is 17.3. The van der Waals surface area contributed by atoms with Crippen LogP contribution in [0.25, 0.3) is 6.08 Å². The minimum absolute atomic E-state index is 0.151. The summed E-state index contributed by atoms with van der Waals surface area (Å²) in [6.45, 7) is 0.380. The molecule has 0 aliphatic heterocycles. The molecule has 0 saturated carbocycles. The van der Waals surface area contributed by atoms with Gasteiger partial charge in [0, 0.05) is 18.2 Å². The zero-order chi connectivity index (χ0) is 14.2. The van der Waals surface area contributed by atoms with Crippen molar-refractivity contribution in [2.45, 2.75) is 6.42 Å². The number of carbonyl (C=O) groups excluding carboxylic acids is 1. The summed E-state index contributed by atoms with van der Waals surface area (Å²) in [5, 5.41) is 9.97. The molecule has 20 heavy (non-hydrogen) atoms. The van der Waals surface area contributed by atoms with Crippen molar-refractivity contribution in [2.75, 3.05) is 11.9 Å². The molecule has 0 bridgehead atoms. The van der Waals surface area contributed by atoms with E-state index < -0.39 is 0 Å². The first-order chi connectivity index (χ1) is 9.78. The molecule has 3 N–H and O–H groups in total. The second-order valence-corrected chi connectivity index (χ2v) is 4.43.